The Balaban J connectivity index is 1.02. The molecular formula is C25H29N5O4. The fourth-order valence-electron chi connectivity index (χ4n) is 4.27. The zero-order chi connectivity index (χ0) is 23.3. The number of nitrogens with zero attached hydrogens (tertiary/aromatic N) is 3. The lowest BCUT2D eigenvalue weighted by Gasteiger charge is -2.39. The normalized spacial score (nSPS) is 16.8. The molecule has 0 bridgehead atoms. The van der Waals surface area contributed by atoms with Gasteiger partial charge in [-0.25, -0.2) is 9.78 Å². The first-order valence-corrected chi connectivity index (χ1v) is 11.7. The van der Waals surface area contributed by atoms with E-state index in [0.717, 1.165) is 43.0 Å². The molecule has 2 aliphatic heterocycles. The molecule has 0 saturated carbocycles. The molecule has 5 rings (SSSR count). The van der Waals surface area contributed by atoms with E-state index in [1.54, 1.807) is 18.3 Å². The molecule has 2 N–H and O–H groups in total. The third-order valence-electron chi connectivity index (χ3n) is 6.34. The summed E-state index contributed by atoms with van der Waals surface area (Å²) in [5.41, 5.74) is 2.49. The molecule has 34 heavy (non-hydrogen) atoms. The van der Waals surface area contributed by atoms with E-state index >= 15 is 0 Å². The van der Waals surface area contributed by atoms with Crippen LogP contribution in [0.4, 0.5) is 10.5 Å². The molecule has 0 atom stereocenters. The molecule has 0 aliphatic carbocycles. The van der Waals surface area contributed by atoms with Crippen LogP contribution in [0.25, 0.3) is 5.65 Å². The van der Waals surface area contributed by atoms with Crippen LogP contribution in [-0.4, -0.2) is 58.6 Å². The molecule has 9 heteroatoms. The molecule has 0 unspecified atom stereocenters. The first-order chi connectivity index (χ1) is 16.6. The highest BCUT2D eigenvalue weighted by atomic mass is 16.5. The van der Waals surface area contributed by atoms with Gasteiger partial charge in [-0.2, -0.15) is 0 Å². The second-order valence-electron chi connectivity index (χ2n) is 8.86. The Morgan fingerprint density at radius 2 is 1.88 bits per heavy atom. The zero-order valence-electron chi connectivity index (χ0n) is 19.0. The molecular weight excluding hydrogens is 434 g/mol. The molecule has 0 radical (unpaired) electrons. The predicted molar refractivity (Wildman–Crippen MR) is 127 cm³/mol. The van der Waals surface area contributed by atoms with Crippen LogP contribution in [0.2, 0.25) is 0 Å². The first kappa shape index (κ1) is 22.2. The van der Waals surface area contributed by atoms with Crippen LogP contribution in [-0.2, 0) is 16.1 Å². The molecule has 3 amide bonds. The van der Waals surface area contributed by atoms with Crippen molar-refractivity contribution in [3.05, 3.63) is 60.6 Å². The number of hydrogen-bond acceptors (Lipinski definition) is 5. The minimum atomic E-state index is -0.283. The maximum Gasteiger partial charge on any atom is 0.319 e. The third-order valence-corrected chi connectivity index (χ3v) is 6.34. The smallest absolute Gasteiger partial charge is 0.319 e. The Kier molecular flexibility index (Phi) is 6.62. The minimum Gasteiger partial charge on any atom is -0.487 e. The van der Waals surface area contributed by atoms with Crippen LogP contribution in [0.15, 0.2) is 55.0 Å². The Bertz CT molecular complexity index is 1130. The van der Waals surface area contributed by atoms with E-state index in [1.807, 2.05) is 46.0 Å². The van der Waals surface area contributed by atoms with E-state index in [2.05, 4.69) is 15.6 Å². The number of amides is 3. The number of aromatic nitrogens is 2. The Morgan fingerprint density at radius 3 is 2.68 bits per heavy atom. The Labute approximate surface area is 198 Å². The molecule has 0 spiro atoms. The van der Waals surface area contributed by atoms with Gasteiger partial charge in [0.25, 0.3) is 0 Å². The molecule has 1 aromatic carbocycles. The standard InChI is InChI=1S/C25H29N5O4/c31-24(14-18-6-11-33-12-7-18)30-16-22(17-30)34-21-3-1-20(2-4-21)28-25(32)27-15-19-5-9-29-10-8-26-23(29)13-19/h1-5,8-10,13,18,22H,6-7,11-12,14-17H2,(H2,27,28,32). The van der Waals surface area contributed by atoms with E-state index in [1.165, 1.54) is 0 Å². The predicted octanol–water partition coefficient (Wildman–Crippen LogP) is 3.06. The largest absolute Gasteiger partial charge is 0.487 e. The van der Waals surface area contributed by atoms with Crippen LogP contribution in [0, 0.1) is 5.92 Å². The number of ether oxygens (including phenoxy) is 2. The number of likely N-dealkylation sites (tertiary alicyclic amines) is 1. The van der Waals surface area contributed by atoms with Gasteiger partial charge < -0.3 is 29.4 Å². The lowest BCUT2D eigenvalue weighted by molar-refractivity contribution is -0.141. The fraction of sp³-hybridized carbons (Fsp3) is 0.400. The number of hydrogen-bond donors (Lipinski definition) is 2. The second-order valence-corrected chi connectivity index (χ2v) is 8.86. The van der Waals surface area contributed by atoms with Crippen molar-refractivity contribution in [2.45, 2.75) is 31.9 Å². The molecule has 2 saturated heterocycles. The number of carbonyl (C=O) groups excluding carboxylic acids is 2. The summed E-state index contributed by atoms with van der Waals surface area (Å²) in [5.74, 6) is 1.38. The highest BCUT2D eigenvalue weighted by Crippen LogP contribution is 2.24. The first-order valence-electron chi connectivity index (χ1n) is 11.7. The van der Waals surface area contributed by atoms with Crippen molar-refractivity contribution in [3.63, 3.8) is 0 Å². The van der Waals surface area contributed by atoms with Gasteiger partial charge in [-0.3, -0.25) is 4.79 Å². The maximum absolute atomic E-state index is 12.4. The van der Waals surface area contributed by atoms with Crippen molar-refractivity contribution < 1.29 is 19.1 Å². The summed E-state index contributed by atoms with van der Waals surface area (Å²) >= 11 is 0. The number of anilines is 1. The van der Waals surface area contributed by atoms with Crippen LogP contribution >= 0.6 is 0 Å². The van der Waals surface area contributed by atoms with Crippen molar-refractivity contribution in [1.82, 2.24) is 19.6 Å². The van der Waals surface area contributed by atoms with E-state index in [9.17, 15) is 9.59 Å². The minimum absolute atomic E-state index is 0.00756. The van der Waals surface area contributed by atoms with E-state index < -0.39 is 0 Å². The molecule has 2 fully saturated rings. The molecule has 2 aromatic heterocycles. The van der Waals surface area contributed by atoms with Crippen molar-refractivity contribution in [2.75, 3.05) is 31.6 Å². The number of urea groups is 1. The lowest BCUT2D eigenvalue weighted by Crippen LogP contribution is -2.56. The highest BCUT2D eigenvalue weighted by molar-refractivity contribution is 5.89. The molecule has 3 aromatic rings. The molecule has 4 heterocycles. The number of benzene rings is 1. The van der Waals surface area contributed by atoms with Gasteiger partial charge in [-0.05, 0) is 60.7 Å². The molecule has 178 valence electrons. The van der Waals surface area contributed by atoms with E-state index in [-0.39, 0.29) is 18.0 Å². The van der Waals surface area contributed by atoms with Gasteiger partial charge in [0.1, 0.15) is 17.5 Å². The van der Waals surface area contributed by atoms with Gasteiger partial charge in [-0.1, -0.05) is 0 Å². The monoisotopic (exact) mass is 463 g/mol. The topological polar surface area (TPSA) is 97.2 Å². The summed E-state index contributed by atoms with van der Waals surface area (Å²) in [5, 5.41) is 5.68. The van der Waals surface area contributed by atoms with Gasteiger partial charge in [-0.15, -0.1) is 0 Å². The Morgan fingerprint density at radius 1 is 1.09 bits per heavy atom. The van der Waals surface area contributed by atoms with Gasteiger partial charge in [0.05, 0.1) is 13.1 Å². The Hall–Kier alpha value is -3.59. The summed E-state index contributed by atoms with van der Waals surface area (Å²) in [4.78, 5) is 30.8. The zero-order valence-corrected chi connectivity index (χ0v) is 19.0. The summed E-state index contributed by atoms with van der Waals surface area (Å²) in [6.45, 7) is 3.17. The average Bonchev–Trinajstić information content (AvgIpc) is 3.29. The lowest BCUT2D eigenvalue weighted by atomic mass is 9.95. The number of nitrogens with one attached hydrogen (secondary N) is 2. The maximum atomic E-state index is 12.4. The van der Waals surface area contributed by atoms with Crippen molar-refractivity contribution >= 4 is 23.3 Å². The molecule has 9 nitrogen and oxygen atoms in total. The summed E-state index contributed by atoms with van der Waals surface area (Å²) in [7, 11) is 0. The number of rotatable bonds is 7. The number of fused-ring (bicyclic) bond motifs is 1. The second kappa shape index (κ2) is 10.1. The van der Waals surface area contributed by atoms with Crippen LogP contribution in [0.5, 0.6) is 5.75 Å². The SMILES string of the molecule is O=C(NCc1ccn2ccnc2c1)Nc1ccc(OC2CN(C(=O)CC3CCOCC3)C2)cc1. The van der Waals surface area contributed by atoms with Crippen LogP contribution in [0.1, 0.15) is 24.8 Å². The van der Waals surface area contributed by atoms with E-state index in [4.69, 9.17) is 9.47 Å². The fourth-order valence-corrected chi connectivity index (χ4v) is 4.27. The summed E-state index contributed by atoms with van der Waals surface area (Å²) < 4.78 is 13.2. The summed E-state index contributed by atoms with van der Waals surface area (Å²) in [6, 6.07) is 10.9. The van der Waals surface area contributed by atoms with Crippen molar-refractivity contribution in [1.29, 1.82) is 0 Å². The van der Waals surface area contributed by atoms with Crippen molar-refractivity contribution in [3.8, 4) is 5.75 Å². The number of carbonyl (C=O) groups is 2. The quantitative estimate of drug-likeness (QED) is 0.561. The average molecular weight is 464 g/mol. The number of imidazole rings is 1. The van der Waals surface area contributed by atoms with Gasteiger partial charge in [0.15, 0.2) is 0 Å². The van der Waals surface area contributed by atoms with Crippen molar-refractivity contribution in [2.24, 2.45) is 5.92 Å². The summed E-state index contributed by atoms with van der Waals surface area (Å²) in [6.07, 6.45) is 8.09. The number of pyridine rings is 1. The molecule has 2 aliphatic rings. The van der Waals surface area contributed by atoms with E-state index in [0.29, 0.717) is 37.7 Å². The third kappa shape index (κ3) is 5.48. The van der Waals surface area contributed by atoms with Gasteiger partial charge in [0, 0.05) is 50.5 Å². The highest BCUT2D eigenvalue weighted by Gasteiger charge is 2.33. The van der Waals surface area contributed by atoms with Gasteiger partial charge in [0.2, 0.25) is 5.91 Å². The van der Waals surface area contributed by atoms with Crippen LogP contribution < -0.4 is 15.4 Å². The van der Waals surface area contributed by atoms with Gasteiger partial charge >= 0.3 is 6.03 Å². The van der Waals surface area contributed by atoms with Crippen LogP contribution in [0.3, 0.4) is 0 Å².